The standard InChI is InChI=1S/C27H37NO5/c1-5-11-28-26(30)21-13-20(16(3)4)24-22(25(21)27(28)31)15-32-23(24)10-7-17(6-2)12-18-8-9-19(14-29)33-18/h8-9,12,16,21-23,25,29H,5-7,10-11,13-15H2,1-4H3/b17-12+/t21-,22+,23-,25-/m1/s1. The first-order valence-electron chi connectivity index (χ1n) is 12.5. The molecule has 4 atom stereocenters. The third-order valence-corrected chi connectivity index (χ3v) is 7.55. The van der Waals surface area contributed by atoms with Gasteiger partial charge in [0, 0.05) is 12.5 Å². The van der Waals surface area contributed by atoms with Gasteiger partial charge in [0.25, 0.3) is 0 Å². The zero-order valence-electron chi connectivity index (χ0n) is 20.3. The van der Waals surface area contributed by atoms with E-state index in [1.165, 1.54) is 21.6 Å². The number of carbonyl (C=O) groups excluding carboxylic acids is 2. The predicted octanol–water partition coefficient (Wildman–Crippen LogP) is 4.73. The molecule has 2 fully saturated rings. The Kier molecular flexibility index (Phi) is 7.25. The zero-order valence-corrected chi connectivity index (χ0v) is 20.3. The van der Waals surface area contributed by atoms with Crippen LogP contribution in [0.3, 0.4) is 0 Å². The number of furan rings is 1. The summed E-state index contributed by atoms with van der Waals surface area (Å²) >= 11 is 0. The van der Waals surface area contributed by atoms with Gasteiger partial charge in [-0.25, -0.2) is 0 Å². The minimum atomic E-state index is -0.257. The Morgan fingerprint density at radius 3 is 2.64 bits per heavy atom. The summed E-state index contributed by atoms with van der Waals surface area (Å²) in [7, 11) is 0. The van der Waals surface area contributed by atoms with E-state index in [4.69, 9.17) is 9.15 Å². The molecule has 3 aliphatic rings. The van der Waals surface area contributed by atoms with Crippen LogP contribution in [0.5, 0.6) is 0 Å². The average molecular weight is 456 g/mol. The molecule has 33 heavy (non-hydrogen) atoms. The number of carbonyl (C=O) groups is 2. The number of nitrogens with zero attached hydrogens (tertiary/aromatic N) is 1. The molecule has 0 spiro atoms. The molecule has 3 heterocycles. The zero-order chi connectivity index (χ0) is 23.7. The van der Waals surface area contributed by atoms with Crippen LogP contribution in [0.1, 0.15) is 71.3 Å². The average Bonchev–Trinajstić information content (AvgIpc) is 3.49. The highest BCUT2D eigenvalue weighted by Crippen LogP contribution is 2.51. The fourth-order valence-electron chi connectivity index (χ4n) is 5.89. The van der Waals surface area contributed by atoms with E-state index in [1.54, 1.807) is 6.07 Å². The van der Waals surface area contributed by atoms with Crippen molar-refractivity contribution in [3.05, 3.63) is 40.4 Å². The summed E-state index contributed by atoms with van der Waals surface area (Å²) in [6.45, 7) is 9.46. The smallest absolute Gasteiger partial charge is 0.233 e. The van der Waals surface area contributed by atoms with Gasteiger partial charge in [-0.3, -0.25) is 14.5 Å². The minimum Gasteiger partial charge on any atom is -0.459 e. The number of likely N-dealkylation sites (tertiary alicyclic amines) is 1. The van der Waals surface area contributed by atoms with Crippen LogP contribution in [0.2, 0.25) is 0 Å². The van der Waals surface area contributed by atoms with Gasteiger partial charge in [0.05, 0.1) is 24.5 Å². The molecule has 0 aromatic carbocycles. The molecular formula is C27H37NO5. The molecule has 6 heteroatoms. The van der Waals surface area contributed by atoms with Crippen LogP contribution in [0.25, 0.3) is 6.08 Å². The van der Waals surface area contributed by atoms with E-state index in [9.17, 15) is 14.7 Å². The summed E-state index contributed by atoms with van der Waals surface area (Å²) < 4.78 is 11.9. The number of aliphatic hydroxyl groups is 1. The molecule has 2 aliphatic heterocycles. The SMILES string of the molecule is CCCN1C(=O)[C@@H]2[C@@H](CC(C(C)C)=C3[C@@H](CC/C(=C/c4ccc(CO)o4)CC)OC[C@@H]32)C1=O. The van der Waals surface area contributed by atoms with Gasteiger partial charge in [0.1, 0.15) is 18.1 Å². The summed E-state index contributed by atoms with van der Waals surface area (Å²) in [6.07, 6.45) is 6.17. The molecule has 2 saturated heterocycles. The number of hydrogen-bond donors (Lipinski definition) is 1. The van der Waals surface area contributed by atoms with E-state index < -0.39 is 0 Å². The fraction of sp³-hybridized carbons (Fsp3) is 0.630. The normalized spacial score (nSPS) is 27.7. The number of aliphatic hydroxyl groups excluding tert-OH is 1. The second kappa shape index (κ2) is 9.98. The van der Waals surface area contributed by atoms with Crippen molar-refractivity contribution in [3.8, 4) is 0 Å². The van der Waals surface area contributed by atoms with Gasteiger partial charge in [0.2, 0.25) is 11.8 Å². The molecular weight excluding hydrogens is 418 g/mol. The topological polar surface area (TPSA) is 80.0 Å². The van der Waals surface area contributed by atoms with Crippen molar-refractivity contribution in [1.82, 2.24) is 4.90 Å². The maximum atomic E-state index is 13.2. The van der Waals surface area contributed by atoms with Crippen LogP contribution in [-0.4, -0.2) is 41.1 Å². The highest BCUT2D eigenvalue weighted by atomic mass is 16.5. The van der Waals surface area contributed by atoms with Crippen LogP contribution < -0.4 is 0 Å². The van der Waals surface area contributed by atoms with Crippen LogP contribution in [-0.2, 0) is 20.9 Å². The van der Waals surface area contributed by atoms with Gasteiger partial charge in [-0.05, 0) is 61.8 Å². The second-order valence-electron chi connectivity index (χ2n) is 9.89. The monoisotopic (exact) mass is 455 g/mol. The number of fused-ring (bicyclic) bond motifs is 3. The van der Waals surface area contributed by atoms with Crippen LogP contribution in [0.4, 0.5) is 0 Å². The molecule has 0 bridgehead atoms. The summed E-state index contributed by atoms with van der Waals surface area (Å²) in [6, 6.07) is 3.68. The first-order chi connectivity index (χ1) is 15.9. The Bertz CT molecular complexity index is 955. The molecule has 0 radical (unpaired) electrons. The van der Waals surface area contributed by atoms with Crippen molar-refractivity contribution < 1.29 is 23.8 Å². The lowest BCUT2D eigenvalue weighted by Gasteiger charge is -2.33. The van der Waals surface area contributed by atoms with Crippen molar-refractivity contribution in [2.45, 2.75) is 72.5 Å². The Morgan fingerprint density at radius 2 is 2.00 bits per heavy atom. The van der Waals surface area contributed by atoms with E-state index in [2.05, 4.69) is 26.8 Å². The summed E-state index contributed by atoms with van der Waals surface area (Å²) in [4.78, 5) is 27.7. The highest BCUT2D eigenvalue weighted by molar-refractivity contribution is 6.05. The van der Waals surface area contributed by atoms with E-state index >= 15 is 0 Å². The molecule has 6 nitrogen and oxygen atoms in total. The number of imide groups is 1. The van der Waals surface area contributed by atoms with Gasteiger partial charge in [-0.15, -0.1) is 0 Å². The van der Waals surface area contributed by atoms with Gasteiger partial charge < -0.3 is 14.3 Å². The van der Waals surface area contributed by atoms with Crippen molar-refractivity contribution >= 4 is 17.9 Å². The van der Waals surface area contributed by atoms with E-state index in [0.29, 0.717) is 31.3 Å². The Hall–Kier alpha value is -2.18. The summed E-state index contributed by atoms with van der Waals surface area (Å²) in [5, 5.41) is 9.23. The predicted molar refractivity (Wildman–Crippen MR) is 126 cm³/mol. The third kappa shape index (κ3) is 4.47. The van der Waals surface area contributed by atoms with Crippen molar-refractivity contribution in [3.63, 3.8) is 0 Å². The van der Waals surface area contributed by atoms with Gasteiger partial charge in [0.15, 0.2) is 0 Å². The molecule has 0 saturated carbocycles. The maximum absolute atomic E-state index is 13.2. The van der Waals surface area contributed by atoms with Crippen molar-refractivity contribution in [1.29, 1.82) is 0 Å². The van der Waals surface area contributed by atoms with Gasteiger partial charge >= 0.3 is 0 Å². The number of hydrogen-bond acceptors (Lipinski definition) is 5. The first-order valence-corrected chi connectivity index (χ1v) is 12.5. The third-order valence-electron chi connectivity index (χ3n) is 7.55. The maximum Gasteiger partial charge on any atom is 0.233 e. The largest absolute Gasteiger partial charge is 0.459 e. The van der Waals surface area contributed by atoms with Gasteiger partial charge in [-0.2, -0.15) is 0 Å². The minimum absolute atomic E-state index is 0.00368. The Labute approximate surface area is 196 Å². The van der Waals surface area contributed by atoms with E-state index in [1.807, 2.05) is 13.0 Å². The van der Waals surface area contributed by atoms with E-state index in [-0.39, 0.29) is 42.3 Å². The van der Waals surface area contributed by atoms with Crippen LogP contribution in [0.15, 0.2) is 33.3 Å². The van der Waals surface area contributed by atoms with E-state index in [0.717, 1.165) is 31.4 Å². The fourth-order valence-corrected chi connectivity index (χ4v) is 5.89. The van der Waals surface area contributed by atoms with Crippen molar-refractivity contribution in [2.75, 3.05) is 13.2 Å². The number of allylic oxidation sites excluding steroid dienone is 2. The molecule has 180 valence electrons. The molecule has 4 rings (SSSR count). The Morgan fingerprint density at radius 1 is 1.21 bits per heavy atom. The summed E-state index contributed by atoms with van der Waals surface area (Å²) in [5.41, 5.74) is 3.88. The van der Waals surface area contributed by atoms with Crippen molar-refractivity contribution in [2.24, 2.45) is 23.7 Å². The highest BCUT2D eigenvalue weighted by Gasteiger charge is 2.56. The van der Waals surface area contributed by atoms with Gasteiger partial charge in [-0.1, -0.05) is 38.8 Å². The lowest BCUT2D eigenvalue weighted by Crippen LogP contribution is -2.35. The second-order valence-corrected chi connectivity index (χ2v) is 9.89. The number of rotatable bonds is 9. The van der Waals surface area contributed by atoms with Crippen LogP contribution >= 0.6 is 0 Å². The lowest BCUT2D eigenvalue weighted by atomic mass is 9.67. The molecule has 1 N–H and O–H groups in total. The molecule has 1 aromatic rings. The summed E-state index contributed by atoms with van der Waals surface area (Å²) in [5.74, 6) is 1.23. The first kappa shape index (κ1) is 24.0. The number of ether oxygens (including phenoxy) is 1. The Balaban J connectivity index is 1.54. The number of amides is 2. The molecule has 2 amide bonds. The lowest BCUT2D eigenvalue weighted by molar-refractivity contribution is -0.140. The van der Waals surface area contributed by atoms with Crippen LogP contribution in [0, 0.1) is 23.7 Å². The quantitative estimate of drug-likeness (QED) is 0.430. The molecule has 0 unspecified atom stereocenters. The molecule has 1 aromatic heterocycles. The molecule has 1 aliphatic carbocycles.